The van der Waals surface area contributed by atoms with Crippen LogP contribution in [0.4, 0.5) is 20.2 Å². The molecule has 0 saturated heterocycles. The Morgan fingerprint density at radius 3 is 2.28 bits per heavy atom. The van der Waals surface area contributed by atoms with Gasteiger partial charge >= 0.3 is 0 Å². The van der Waals surface area contributed by atoms with Gasteiger partial charge in [0.05, 0.1) is 0 Å². The Bertz CT molecular complexity index is 579. The van der Waals surface area contributed by atoms with Crippen molar-refractivity contribution < 1.29 is 8.78 Å². The summed E-state index contributed by atoms with van der Waals surface area (Å²) in [7, 11) is 0. The normalized spacial score (nSPS) is 10.1. The first-order chi connectivity index (χ1) is 8.56. The molecule has 0 amide bonds. The van der Waals surface area contributed by atoms with Crippen LogP contribution in [-0.4, -0.2) is 4.99 Å². The van der Waals surface area contributed by atoms with Crippen molar-refractivity contribution in [2.75, 3.05) is 5.32 Å². The monoisotopic (exact) mass is 264 g/mol. The molecule has 0 spiro atoms. The van der Waals surface area contributed by atoms with Gasteiger partial charge in [0.2, 0.25) is 0 Å². The molecule has 0 bridgehead atoms. The van der Waals surface area contributed by atoms with E-state index in [2.05, 4.69) is 5.32 Å². The van der Waals surface area contributed by atoms with E-state index in [0.717, 1.165) is 6.07 Å². The van der Waals surface area contributed by atoms with E-state index in [-0.39, 0.29) is 4.99 Å². The number of anilines is 2. The molecule has 0 saturated carbocycles. The third-order valence-electron chi connectivity index (χ3n) is 2.33. The fourth-order valence-electron chi connectivity index (χ4n) is 1.59. The lowest BCUT2D eigenvalue weighted by atomic mass is 10.1. The third kappa shape index (κ3) is 2.81. The summed E-state index contributed by atoms with van der Waals surface area (Å²) in [5.74, 6) is -1.30. The van der Waals surface area contributed by atoms with E-state index < -0.39 is 11.6 Å². The molecular formula is C13H10F2N2S. The molecule has 0 unspecified atom stereocenters. The van der Waals surface area contributed by atoms with Crippen molar-refractivity contribution in [2.24, 2.45) is 5.73 Å². The minimum absolute atomic E-state index is 0.218. The van der Waals surface area contributed by atoms with E-state index in [1.807, 2.05) is 0 Å². The quantitative estimate of drug-likeness (QED) is 0.835. The van der Waals surface area contributed by atoms with Crippen LogP contribution in [0, 0.1) is 11.6 Å². The Morgan fingerprint density at radius 2 is 1.67 bits per heavy atom. The van der Waals surface area contributed by atoms with Crippen LogP contribution in [0.2, 0.25) is 0 Å². The summed E-state index contributed by atoms with van der Waals surface area (Å²) in [5, 5.41) is 2.89. The molecule has 0 aliphatic rings. The van der Waals surface area contributed by atoms with Gasteiger partial charge < -0.3 is 11.1 Å². The number of thiocarbonyl (C=S) groups is 1. The molecular weight excluding hydrogens is 254 g/mol. The van der Waals surface area contributed by atoms with E-state index in [4.69, 9.17) is 18.0 Å². The lowest BCUT2D eigenvalue weighted by molar-refractivity contribution is 0.584. The van der Waals surface area contributed by atoms with E-state index in [1.165, 1.54) is 12.1 Å². The highest BCUT2D eigenvalue weighted by atomic mass is 32.1. The van der Waals surface area contributed by atoms with Gasteiger partial charge in [-0.15, -0.1) is 0 Å². The largest absolute Gasteiger partial charge is 0.389 e. The van der Waals surface area contributed by atoms with Crippen molar-refractivity contribution in [3.8, 4) is 0 Å². The van der Waals surface area contributed by atoms with Crippen LogP contribution >= 0.6 is 12.2 Å². The van der Waals surface area contributed by atoms with Gasteiger partial charge in [0.25, 0.3) is 0 Å². The second-order valence-electron chi connectivity index (χ2n) is 3.69. The Hall–Kier alpha value is -2.01. The Balaban J connectivity index is 2.37. The number of nitrogens with two attached hydrogens (primary N) is 1. The molecule has 18 heavy (non-hydrogen) atoms. The van der Waals surface area contributed by atoms with Crippen molar-refractivity contribution >= 4 is 28.6 Å². The molecule has 92 valence electrons. The Morgan fingerprint density at radius 1 is 1.06 bits per heavy atom. The van der Waals surface area contributed by atoms with Gasteiger partial charge in [-0.2, -0.15) is 0 Å². The van der Waals surface area contributed by atoms with Gasteiger partial charge in [0.1, 0.15) is 16.6 Å². The second kappa shape index (κ2) is 5.10. The smallest absolute Gasteiger partial charge is 0.128 e. The van der Waals surface area contributed by atoms with Crippen LogP contribution in [-0.2, 0) is 0 Å². The summed E-state index contributed by atoms with van der Waals surface area (Å²) in [4.78, 5) is 0.218. The number of nitrogens with one attached hydrogen (secondary N) is 1. The second-order valence-corrected chi connectivity index (χ2v) is 4.13. The van der Waals surface area contributed by atoms with Gasteiger partial charge in [0, 0.05) is 23.0 Å². The molecule has 0 aliphatic heterocycles. The van der Waals surface area contributed by atoms with Crippen molar-refractivity contribution in [1.82, 2.24) is 0 Å². The van der Waals surface area contributed by atoms with Gasteiger partial charge in [0.15, 0.2) is 0 Å². The molecule has 0 aromatic heterocycles. The van der Waals surface area contributed by atoms with Crippen LogP contribution < -0.4 is 11.1 Å². The maximum absolute atomic E-state index is 13.1. The van der Waals surface area contributed by atoms with E-state index >= 15 is 0 Å². The molecule has 2 aromatic rings. The first kappa shape index (κ1) is 12.4. The lowest BCUT2D eigenvalue weighted by Crippen LogP contribution is -2.11. The van der Waals surface area contributed by atoms with Gasteiger partial charge in [-0.1, -0.05) is 24.4 Å². The van der Waals surface area contributed by atoms with Crippen molar-refractivity contribution in [3.05, 3.63) is 59.7 Å². The molecule has 2 rings (SSSR count). The maximum atomic E-state index is 13.1. The highest BCUT2D eigenvalue weighted by molar-refractivity contribution is 7.80. The minimum Gasteiger partial charge on any atom is -0.389 e. The topological polar surface area (TPSA) is 38.0 Å². The molecule has 2 nitrogen and oxygen atoms in total. The zero-order valence-electron chi connectivity index (χ0n) is 9.28. The van der Waals surface area contributed by atoms with Crippen LogP contribution in [0.3, 0.4) is 0 Å². The lowest BCUT2D eigenvalue weighted by Gasteiger charge is -2.11. The van der Waals surface area contributed by atoms with Crippen molar-refractivity contribution in [3.63, 3.8) is 0 Å². The SMILES string of the molecule is NC(=S)c1ccccc1Nc1cc(F)cc(F)c1. The molecule has 5 heteroatoms. The van der Waals surface area contributed by atoms with E-state index in [9.17, 15) is 8.78 Å². The summed E-state index contributed by atoms with van der Waals surface area (Å²) in [6.07, 6.45) is 0. The summed E-state index contributed by atoms with van der Waals surface area (Å²) in [6.45, 7) is 0. The van der Waals surface area contributed by atoms with Crippen LogP contribution in [0.15, 0.2) is 42.5 Å². The predicted molar refractivity (Wildman–Crippen MR) is 72.0 cm³/mol. The zero-order valence-corrected chi connectivity index (χ0v) is 10.1. The maximum Gasteiger partial charge on any atom is 0.128 e. The molecule has 0 heterocycles. The summed E-state index contributed by atoms with van der Waals surface area (Å²) < 4.78 is 26.1. The summed E-state index contributed by atoms with van der Waals surface area (Å²) in [5.41, 5.74) is 7.10. The third-order valence-corrected chi connectivity index (χ3v) is 2.55. The highest BCUT2D eigenvalue weighted by Gasteiger charge is 2.06. The number of rotatable bonds is 3. The standard InChI is InChI=1S/C13H10F2N2S/c14-8-5-9(15)7-10(6-8)17-12-4-2-1-3-11(12)13(16)18/h1-7,17H,(H2,16,18). The number of hydrogen-bond acceptors (Lipinski definition) is 2. The average Bonchev–Trinajstić information content (AvgIpc) is 2.27. The number of halogens is 2. The molecule has 0 atom stereocenters. The first-order valence-electron chi connectivity index (χ1n) is 5.18. The number of benzene rings is 2. The fourth-order valence-corrected chi connectivity index (χ4v) is 1.77. The number of para-hydroxylation sites is 1. The Kier molecular flexibility index (Phi) is 3.53. The molecule has 3 N–H and O–H groups in total. The average molecular weight is 264 g/mol. The molecule has 0 aliphatic carbocycles. The molecule has 2 aromatic carbocycles. The molecule has 0 fully saturated rings. The van der Waals surface area contributed by atoms with Gasteiger partial charge in [-0.05, 0) is 24.3 Å². The van der Waals surface area contributed by atoms with Gasteiger partial charge in [-0.25, -0.2) is 8.78 Å². The summed E-state index contributed by atoms with van der Waals surface area (Å²) >= 11 is 4.91. The van der Waals surface area contributed by atoms with E-state index in [1.54, 1.807) is 24.3 Å². The summed E-state index contributed by atoms with van der Waals surface area (Å²) in [6, 6.07) is 10.2. The van der Waals surface area contributed by atoms with Crippen molar-refractivity contribution in [2.45, 2.75) is 0 Å². The van der Waals surface area contributed by atoms with Crippen LogP contribution in [0.1, 0.15) is 5.56 Å². The van der Waals surface area contributed by atoms with Crippen LogP contribution in [0.5, 0.6) is 0 Å². The Labute approximate surface area is 108 Å². The first-order valence-corrected chi connectivity index (χ1v) is 5.59. The fraction of sp³-hybridized carbons (Fsp3) is 0. The highest BCUT2D eigenvalue weighted by Crippen LogP contribution is 2.22. The predicted octanol–water partition coefficient (Wildman–Crippen LogP) is 3.34. The van der Waals surface area contributed by atoms with Crippen LogP contribution in [0.25, 0.3) is 0 Å². The van der Waals surface area contributed by atoms with Gasteiger partial charge in [-0.3, -0.25) is 0 Å². The minimum atomic E-state index is -0.648. The van der Waals surface area contributed by atoms with Crippen molar-refractivity contribution in [1.29, 1.82) is 0 Å². The molecule has 0 radical (unpaired) electrons. The number of hydrogen-bond donors (Lipinski definition) is 2. The zero-order chi connectivity index (χ0) is 13.1. The van der Waals surface area contributed by atoms with E-state index in [0.29, 0.717) is 16.9 Å².